The molecule has 1 amide bonds. The zero-order valence-electron chi connectivity index (χ0n) is 12.1. The van der Waals surface area contributed by atoms with Gasteiger partial charge in [0.05, 0.1) is 6.04 Å². The van der Waals surface area contributed by atoms with E-state index in [-0.39, 0.29) is 11.9 Å². The fourth-order valence-electron chi connectivity index (χ4n) is 2.41. The van der Waals surface area contributed by atoms with E-state index in [9.17, 15) is 4.79 Å². The standard InChI is InChI=1S/C14H28N2OS/c1-4-18-11-12(2)15-13(3)14(17)16-9-7-5-6-8-10-16/h12-13,15H,4-11H2,1-3H3. The molecule has 0 radical (unpaired) electrons. The Labute approximate surface area is 116 Å². The Kier molecular flexibility index (Phi) is 7.75. The number of amides is 1. The van der Waals surface area contributed by atoms with Gasteiger partial charge in [0.2, 0.25) is 5.91 Å². The number of carbonyl (C=O) groups excluding carboxylic acids is 1. The van der Waals surface area contributed by atoms with Crippen molar-refractivity contribution in [1.82, 2.24) is 10.2 Å². The maximum Gasteiger partial charge on any atom is 0.239 e. The Bertz CT molecular complexity index is 240. The van der Waals surface area contributed by atoms with E-state index in [1.54, 1.807) is 0 Å². The fraction of sp³-hybridized carbons (Fsp3) is 0.929. The minimum Gasteiger partial charge on any atom is -0.341 e. The van der Waals surface area contributed by atoms with Gasteiger partial charge in [-0.3, -0.25) is 4.79 Å². The highest BCUT2D eigenvalue weighted by Crippen LogP contribution is 2.11. The van der Waals surface area contributed by atoms with Gasteiger partial charge in [-0.2, -0.15) is 11.8 Å². The summed E-state index contributed by atoms with van der Waals surface area (Å²) in [6, 6.07) is 0.358. The molecule has 0 aromatic rings. The molecular formula is C14H28N2OS. The third-order valence-electron chi connectivity index (χ3n) is 3.39. The van der Waals surface area contributed by atoms with Crippen LogP contribution >= 0.6 is 11.8 Å². The van der Waals surface area contributed by atoms with E-state index in [1.165, 1.54) is 25.7 Å². The molecule has 4 heteroatoms. The van der Waals surface area contributed by atoms with Crippen molar-refractivity contribution in [2.45, 2.75) is 58.5 Å². The Morgan fingerprint density at radius 3 is 2.39 bits per heavy atom. The fourth-order valence-corrected chi connectivity index (χ4v) is 3.09. The first-order chi connectivity index (χ1) is 8.65. The number of likely N-dealkylation sites (tertiary alicyclic amines) is 1. The molecule has 0 aromatic carbocycles. The van der Waals surface area contributed by atoms with Crippen LogP contribution in [0.15, 0.2) is 0 Å². The summed E-state index contributed by atoms with van der Waals surface area (Å²) in [6.07, 6.45) is 4.88. The molecule has 2 atom stereocenters. The van der Waals surface area contributed by atoms with E-state index in [0.717, 1.165) is 24.6 Å². The minimum atomic E-state index is -0.0458. The van der Waals surface area contributed by atoms with E-state index in [1.807, 2.05) is 23.6 Å². The molecule has 1 heterocycles. The highest BCUT2D eigenvalue weighted by molar-refractivity contribution is 7.99. The van der Waals surface area contributed by atoms with E-state index in [0.29, 0.717) is 6.04 Å². The number of thioether (sulfide) groups is 1. The van der Waals surface area contributed by atoms with Crippen molar-refractivity contribution in [3.63, 3.8) is 0 Å². The second kappa shape index (κ2) is 8.81. The molecule has 1 saturated heterocycles. The molecule has 1 fully saturated rings. The lowest BCUT2D eigenvalue weighted by molar-refractivity contribution is -0.133. The number of rotatable bonds is 6. The summed E-state index contributed by atoms with van der Waals surface area (Å²) in [5.41, 5.74) is 0. The highest BCUT2D eigenvalue weighted by atomic mass is 32.2. The van der Waals surface area contributed by atoms with Crippen LogP contribution in [-0.2, 0) is 4.79 Å². The van der Waals surface area contributed by atoms with Crippen molar-refractivity contribution < 1.29 is 4.79 Å². The van der Waals surface area contributed by atoms with Gasteiger partial charge in [-0.15, -0.1) is 0 Å². The first-order valence-electron chi connectivity index (χ1n) is 7.27. The van der Waals surface area contributed by atoms with Crippen LogP contribution in [-0.4, -0.2) is 47.5 Å². The molecule has 0 saturated carbocycles. The maximum absolute atomic E-state index is 12.3. The lowest BCUT2D eigenvalue weighted by Gasteiger charge is -2.26. The molecule has 1 N–H and O–H groups in total. The van der Waals surface area contributed by atoms with Crippen LogP contribution in [0, 0.1) is 0 Å². The van der Waals surface area contributed by atoms with Gasteiger partial charge >= 0.3 is 0 Å². The largest absolute Gasteiger partial charge is 0.341 e. The van der Waals surface area contributed by atoms with Crippen molar-refractivity contribution in [2.24, 2.45) is 0 Å². The number of hydrogen-bond donors (Lipinski definition) is 1. The Morgan fingerprint density at radius 1 is 1.22 bits per heavy atom. The van der Waals surface area contributed by atoms with Crippen molar-refractivity contribution in [1.29, 1.82) is 0 Å². The Hall–Kier alpha value is -0.220. The van der Waals surface area contributed by atoms with Crippen molar-refractivity contribution >= 4 is 17.7 Å². The van der Waals surface area contributed by atoms with Crippen molar-refractivity contribution in [3.05, 3.63) is 0 Å². The SMILES string of the molecule is CCSCC(C)NC(C)C(=O)N1CCCCCC1. The van der Waals surface area contributed by atoms with Gasteiger partial charge in [-0.05, 0) is 32.4 Å². The smallest absolute Gasteiger partial charge is 0.239 e. The molecule has 18 heavy (non-hydrogen) atoms. The molecule has 0 aromatic heterocycles. The van der Waals surface area contributed by atoms with Gasteiger partial charge in [-0.1, -0.05) is 19.8 Å². The van der Waals surface area contributed by atoms with Gasteiger partial charge in [0.15, 0.2) is 0 Å². The molecule has 1 rings (SSSR count). The number of nitrogens with one attached hydrogen (secondary N) is 1. The van der Waals surface area contributed by atoms with Crippen LogP contribution in [0.4, 0.5) is 0 Å². The average Bonchev–Trinajstić information content (AvgIpc) is 2.64. The maximum atomic E-state index is 12.3. The molecule has 1 aliphatic heterocycles. The van der Waals surface area contributed by atoms with Crippen LogP contribution in [0.1, 0.15) is 46.5 Å². The number of hydrogen-bond acceptors (Lipinski definition) is 3. The van der Waals surface area contributed by atoms with Gasteiger partial charge in [0.25, 0.3) is 0 Å². The monoisotopic (exact) mass is 272 g/mol. The summed E-state index contributed by atoms with van der Waals surface area (Å²) < 4.78 is 0. The quantitative estimate of drug-likeness (QED) is 0.806. The topological polar surface area (TPSA) is 32.3 Å². The lowest BCUT2D eigenvalue weighted by Crippen LogP contribution is -2.48. The van der Waals surface area contributed by atoms with Crippen LogP contribution in [0.2, 0.25) is 0 Å². The number of nitrogens with zero attached hydrogens (tertiary/aromatic N) is 1. The van der Waals surface area contributed by atoms with E-state index in [2.05, 4.69) is 19.2 Å². The summed E-state index contributed by atoms with van der Waals surface area (Å²) in [6.45, 7) is 8.23. The van der Waals surface area contributed by atoms with E-state index in [4.69, 9.17) is 0 Å². The van der Waals surface area contributed by atoms with Crippen LogP contribution < -0.4 is 5.32 Å². The highest BCUT2D eigenvalue weighted by Gasteiger charge is 2.22. The third-order valence-corrected chi connectivity index (χ3v) is 4.54. The molecule has 0 spiro atoms. The summed E-state index contributed by atoms with van der Waals surface area (Å²) in [4.78, 5) is 14.4. The summed E-state index contributed by atoms with van der Waals surface area (Å²) in [5, 5.41) is 3.42. The molecule has 106 valence electrons. The van der Waals surface area contributed by atoms with Crippen LogP contribution in [0.5, 0.6) is 0 Å². The van der Waals surface area contributed by atoms with Gasteiger partial charge in [0, 0.05) is 24.9 Å². The molecule has 0 aliphatic carbocycles. The normalized spacial score (nSPS) is 20.3. The van der Waals surface area contributed by atoms with Gasteiger partial charge in [-0.25, -0.2) is 0 Å². The van der Waals surface area contributed by atoms with Gasteiger partial charge < -0.3 is 10.2 Å². The second-order valence-corrected chi connectivity index (χ2v) is 6.51. The zero-order valence-corrected chi connectivity index (χ0v) is 12.9. The van der Waals surface area contributed by atoms with E-state index < -0.39 is 0 Å². The molecule has 2 unspecified atom stereocenters. The molecule has 0 bridgehead atoms. The summed E-state index contributed by atoms with van der Waals surface area (Å²) in [7, 11) is 0. The van der Waals surface area contributed by atoms with Crippen molar-refractivity contribution in [3.8, 4) is 0 Å². The summed E-state index contributed by atoms with van der Waals surface area (Å²) in [5.74, 6) is 2.50. The number of carbonyl (C=O) groups is 1. The molecular weight excluding hydrogens is 244 g/mol. The Balaban J connectivity index is 2.34. The average molecular weight is 272 g/mol. The first-order valence-corrected chi connectivity index (χ1v) is 8.43. The molecule has 1 aliphatic rings. The van der Waals surface area contributed by atoms with Crippen LogP contribution in [0.25, 0.3) is 0 Å². The lowest BCUT2D eigenvalue weighted by atomic mass is 10.2. The first kappa shape index (κ1) is 15.8. The van der Waals surface area contributed by atoms with Crippen LogP contribution in [0.3, 0.4) is 0 Å². The minimum absolute atomic E-state index is 0.0458. The van der Waals surface area contributed by atoms with Crippen molar-refractivity contribution in [2.75, 3.05) is 24.6 Å². The third kappa shape index (κ3) is 5.61. The summed E-state index contributed by atoms with van der Waals surface area (Å²) >= 11 is 1.92. The van der Waals surface area contributed by atoms with E-state index >= 15 is 0 Å². The second-order valence-electron chi connectivity index (χ2n) is 5.19. The van der Waals surface area contributed by atoms with Gasteiger partial charge in [0.1, 0.15) is 0 Å². The predicted octanol–water partition coefficient (Wildman–Crippen LogP) is 2.51. The predicted molar refractivity (Wildman–Crippen MR) is 80.1 cm³/mol. The zero-order chi connectivity index (χ0) is 13.4. The molecule has 3 nitrogen and oxygen atoms in total. The Morgan fingerprint density at radius 2 is 1.83 bits per heavy atom.